The van der Waals surface area contributed by atoms with Crippen LogP contribution in [-0.2, 0) is 4.79 Å². The SMILES string of the molecule is CCCC(c1cc(Cl)ccc1C)c1ccc(Cl)cc1NC=O. The zero-order valence-electron chi connectivity index (χ0n) is 12.7. The first-order valence-corrected chi connectivity index (χ1v) is 8.08. The van der Waals surface area contributed by atoms with E-state index in [2.05, 4.69) is 19.2 Å². The van der Waals surface area contributed by atoms with Gasteiger partial charge in [0.1, 0.15) is 0 Å². The molecular formula is C18H19Cl2NO. The van der Waals surface area contributed by atoms with Gasteiger partial charge in [0.2, 0.25) is 6.41 Å². The summed E-state index contributed by atoms with van der Waals surface area (Å²) in [5.41, 5.74) is 4.18. The summed E-state index contributed by atoms with van der Waals surface area (Å²) in [4.78, 5) is 10.9. The number of aryl methyl sites for hydroxylation is 1. The molecule has 0 spiro atoms. The normalized spacial score (nSPS) is 12.0. The molecule has 0 aliphatic carbocycles. The molecule has 0 saturated carbocycles. The number of carbonyl (C=O) groups excluding carboxylic acids is 1. The summed E-state index contributed by atoms with van der Waals surface area (Å²) in [7, 11) is 0. The molecule has 0 aliphatic rings. The maximum Gasteiger partial charge on any atom is 0.211 e. The number of benzene rings is 2. The topological polar surface area (TPSA) is 29.1 Å². The summed E-state index contributed by atoms with van der Waals surface area (Å²) in [6, 6.07) is 11.6. The molecule has 0 radical (unpaired) electrons. The number of halogens is 2. The van der Waals surface area contributed by atoms with Crippen molar-refractivity contribution < 1.29 is 4.79 Å². The van der Waals surface area contributed by atoms with E-state index < -0.39 is 0 Å². The zero-order chi connectivity index (χ0) is 16.1. The van der Waals surface area contributed by atoms with Gasteiger partial charge in [-0.2, -0.15) is 0 Å². The van der Waals surface area contributed by atoms with Crippen LogP contribution in [0.15, 0.2) is 36.4 Å². The fourth-order valence-electron chi connectivity index (χ4n) is 2.77. The average molecular weight is 336 g/mol. The fraction of sp³-hybridized carbons (Fsp3) is 0.278. The van der Waals surface area contributed by atoms with Crippen LogP contribution in [0.2, 0.25) is 10.0 Å². The molecule has 1 unspecified atom stereocenters. The highest BCUT2D eigenvalue weighted by Crippen LogP contribution is 2.37. The number of hydrogen-bond acceptors (Lipinski definition) is 1. The van der Waals surface area contributed by atoms with Crippen molar-refractivity contribution in [3.05, 3.63) is 63.1 Å². The maximum absolute atomic E-state index is 10.9. The minimum atomic E-state index is 0.170. The summed E-state index contributed by atoms with van der Waals surface area (Å²) < 4.78 is 0. The van der Waals surface area contributed by atoms with E-state index in [9.17, 15) is 4.79 Å². The molecule has 1 amide bonds. The fourth-order valence-corrected chi connectivity index (χ4v) is 3.13. The van der Waals surface area contributed by atoms with E-state index in [1.165, 1.54) is 11.1 Å². The first-order valence-electron chi connectivity index (χ1n) is 7.32. The van der Waals surface area contributed by atoms with Gasteiger partial charge >= 0.3 is 0 Å². The highest BCUT2D eigenvalue weighted by atomic mass is 35.5. The molecule has 2 rings (SSSR count). The molecule has 0 saturated heterocycles. The van der Waals surface area contributed by atoms with Crippen LogP contribution in [-0.4, -0.2) is 6.41 Å². The third-order valence-electron chi connectivity index (χ3n) is 3.80. The molecule has 0 heterocycles. The molecule has 0 aromatic heterocycles. The van der Waals surface area contributed by atoms with Crippen LogP contribution in [0, 0.1) is 6.92 Å². The van der Waals surface area contributed by atoms with Gasteiger partial charge in [-0.15, -0.1) is 0 Å². The monoisotopic (exact) mass is 335 g/mol. The third-order valence-corrected chi connectivity index (χ3v) is 4.27. The van der Waals surface area contributed by atoms with Crippen LogP contribution in [0.25, 0.3) is 0 Å². The Bertz CT molecular complexity index is 670. The van der Waals surface area contributed by atoms with Crippen LogP contribution in [0.5, 0.6) is 0 Å². The first kappa shape index (κ1) is 16.9. The zero-order valence-corrected chi connectivity index (χ0v) is 14.2. The van der Waals surface area contributed by atoms with Crippen molar-refractivity contribution in [2.75, 3.05) is 5.32 Å². The Morgan fingerprint density at radius 3 is 2.45 bits per heavy atom. The molecule has 1 N–H and O–H groups in total. The number of nitrogens with one attached hydrogen (secondary N) is 1. The molecule has 0 bridgehead atoms. The predicted molar refractivity (Wildman–Crippen MR) is 94.1 cm³/mol. The van der Waals surface area contributed by atoms with Gasteiger partial charge in [-0.3, -0.25) is 4.79 Å². The summed E-state index contributed by atoms with van der Waals surface area (Å²) in [6.07, 6.45) is 2.68. The van der Waals surface area contributed by atoms with Crippen LogP contribution in [0.1, 0.15) is 42.4 Å². The number of anilines is 1. The summed E-state index contributed by atoms with van der Waals surface area (Å²) in [6.45, 7) is 4.23. The molecular weight excluding hydrogens is 317 g/mol. The molecule has 22 heavy (non-hydrogen) atoms. The minimum absolute atomic E-state index is 0.170. The van der Waals surface area contributed by atoms with E-state index in [0.717, 1.165) is 29.1 Å². The molecule has 0 fully saturated rings. The number of carbonyl (C=O) groups is 1. The lowest BCUT2D eigenvalue weighted by atomic mass is 9.84. The standard InChI is InChI=1S/C18H19Cl2NO/c1-3-4-15(17-9-13(19)6-5-12(17)2)16-8-7-14(20)10-18(16)21-11-22/h5-11,15H,3-4H2,1-2H3,(H,21,22). The van der Waals surface area contributed by atoms with Crippen LogP contribution in [0.4, 0.5) is 5.69 Å². The van der Waals surface area contributed by atoms with Gasteiger partial charge in [-0.05, 0) is 54.3 Å². The molecule has 116 valence electrons. The molecule has 4 heteroatoms. The van der Waals surface area contributed by atoms with Gasteiger partial charge in [0, 0.05) is 21.7 Å². The predicted octanol–water partition coefficient (Wildman–Crippen LogP) is 5.80. The number of hydrogen-bond donors (Lipinski definition) is 1. The second-order valence-electron chi connectivity index (χ2n) is 5.34. The van der Waals surface area contributed by atoms with Crippen molar-refractivity contribution in [3.63, 3.8) is 0 Å². The van der Waals surface area contributed by atoms with Crippen LogP contribution in [0.3, 0.4) is 0 Å². The van der Waals surface area contributed by atoms with Gasteiger partial charge < -0.3 is 5.32 Å². The van der Waals surface area contributed by atoms with E-state index >= 15 is 0 Å². The van der Waals surface area contributed by atoms with Crippen molar-refractivity contribution in [1.29, 1.82) is 0 Å². The quantitative estimate of drug-likeness (QED) is 0.664. The maximum atomic E-state index is 10.9. The lowest BCUT2D eigenvalue weighted by Gasteiger charge is -2.22. The average Bonchev–Trinajstić information content (AvgIpc) is 2.49. The van der Waals surface area contributed by atoms with Crippen LogP contribution < -0.4 is 5.32 Å². The Balaban J connectivity index is 2.57. The van der Waals surface area contributed by atoms with Gasteiger partial charge in [-0.25, -0.2) is 0 Å². The highest BCUT2D eigenvalue weighted by Gasteiger charge is 2.19. The Labute approximate surface area is 141 Å². The van der Waals surface area contributed by atoms with E-state index in [0.29, 0.717) is 11.4 Å². The van der Waals surface area contributed by atoms with Crippen molar-refractivity contribution in [1.82, 2.24) is 0 Å². The lowest BCUT2D eigenvalue weighted by molar-refractivity contribution is -0.105. The van der Waals surface area contributed by atoms with Crippen molar-refractivity contribution >= 4 is 35.3 Å². The summed E-state index contributed by atoms with van der Waals surface area (Å²) in [5, 5.41) is 4.09. The van der Waals surface area contributed by atoms with E-state index in [1.807, 2.05) is 30.3 Å². The lowest BCUT2D eigenvalue weighted by Crippen LogP contribution is -2.07. The molecule has 1 atom stereocenters. The second kappa shape index (κ2) is 7.66. The molecule has 2 aromatic rings. The minimum Gasteiger partial charge on any atom is -0.328 e. The van der Waals surface area contributed by atoms with Gasteiger partial charge in [-0.1, -0.05) is 48.7 Å². The largest absolute Gasteiger partial charge is 0.328 e. The van der Waals surface area contributed by atoms with Gasteiger partial charge in [0.05, 0.1) is 0 Å². The molecule has 0 aliphatic heterocycles. The first-order chi connectivity index (χ1) is 10.6. The van der Waals surface area contributed by atoms with Crippen molar-refractivity contribution in [2.24, 2.45) is 0 Å². The van der Waals surface area contributed by atoms with Crippen molar-refractivity contribution in [2.45, 2.75) is 32.6 Å². The molecule has 2 aromatic carbocycles. The van der Waals surface area contributed by atoms with Gasteiger partial charge in [0.15, 0.2) is 0 Å². The van der Waals surface area contributed by atoms with E-state index in [1.54, 1.807) is 6.07 Å². The smallest absolute Gasteiger partial charge is 0.211 e. The summed E-state index contributed by atoms with van der Waals surface area (Å²) in [5.74, 6) is 0.170. The summed E-state index contributed by atoms with van der Waals surface area (Å²) >= 11 is 12.2. The highest BCUT2D eigenvalue weighted by molar-refractivity contribution is 6.31. The Hall–Kier alpha value is -1.51. The number of rotatable bonds is 6. The van der Waals surface area contributed by atoms with Crippen LogP contribution >= 0.6 is 23.2 Å². The number of amides is 1. The Morgan fingerprint density at radius 1 is 1.09 bits per heavy atom. The Morgan fingerprint density at radius 2 is 1.77 bits per heavy atom. The van der Waals surface area contributed by atoms with E-state index in [4.69, 9.17) is 23.2 Å². The molecule has 2 nitrogen and oxygen atoms in total. The Kier molecular flexibility index (Phi) is 5.87. The van der Waals surface area contributed by atoms with Crippen molar-refractivity contribution in [3.8, 4) is 0 Å². The van der Waals surface area contributed by atoms with Gasteiger partial charge in [0.25, 0.3) is 0 Å². The second-order valence-corrected chi connectivity index (χ2v) is 6.21. The van der Waals surface area contributed by atoms with E-state index in [-0.39, 0.29) is 5.92 Å². The third kappa shape index (κ3) is 3.82.